The van der Waals surface area contributed by atoms with Crippen LogP contribution < -0.4 is 10.6 Å². The van der Waals surface area contributed by atoms with Crippen molar-refractivity contribution in [2.24, 2.45) is 0 Å². The molecule has 0 unspecified atom stereocenters. The van der Waals surface area contributed by atoms with E-state index in [2.05, 4.69) is 22.1 Å². The second-order valence-electron chi connectivity index (χ2n) is 8.25. The Morgan fingerprint density at radius 1 is 1.19 bits per heavy atom. The summed E-state index contributed by atoms with van der Waals surface area (Å²) >= 11 is 1.28. The van der Waals surface area contributed by atoms with E-state index in [0.29, 0.717) is 10.1 Å². The molecular formula is C22H26AsF3IN3O2. The van der Waals surface area contributed by atoms with Gasteiger partial charge >= 0.3 is 130 Å². The van der Waals surface area contributed by atoms with Crippen molar-refractivity contribution in [2.45, 2.75) is 28.7 Å². The average molecular weight is 623 g/mol. The number of amides is 1. The number of carbonyl (C=O) groups is 1. The molecule has 0 spiro atoms. The molecule has 5 nitrogen and oxygen atoms in total. The molecule has 1 amide bonds. The van der Waals surface area contributed by atoms with E-state index >= 15 is 0 Å². The first kappa shape index (κ1) is 25.3. The minimum absolute atomic E-state index is 0.0714. The summed E-state index contributed by atoms with van der Waals surface area (Å²) in [7, 11) is 0. The number of rotatable bonds is 9. The maximum atomic E-state index is 14.6. The number of halogens is 4. The van der Waals surface area contributed by atoms with Crippen LogP contribution >= 0.6 is 22.6 Å². The van der Waals surface area contributed by atoms with E-state index in [-0.39, 0.29) is 24.3 Å². The van der Waals surface area contributed by atoms with Crippen LogP contribution in [0.5, 0.6) is 0 Å². The molecule has 1 aliphatic heterocycles. The van der Waals surface area contributed by atoms with Gasteiger partial charge < -0.3 is 0 Å². The van der Waals surface area contributed by atoms with Crippen molar-refractivity contribution in [3.05, 3.63) is 56.9 Å². The van der Waals surface area contributed by atoms with Gasteiger partial charge in [-0.1, -0.05) is 0 Å². The first-order chi connectivity index (χ1) is 15.1. The summed E-state index contributed by atoms with van der Waals surface area (Å²) in [6.07, 6.45) is 1.06. The first-order valence-corrected chi connectivity index (χ1v) is 16.3. The summed E-state index contributed by atoms with van der Waals surface area (Å²) in [4.78, 5) is 14.3. The fraction of sp³-hybridized carbons (Fsp3) is 0.409. The zero-order valence-electron chi connectivity index (χ0n) is 17.9. The second kappa shape index (κ2) is 10.8. The number of β-amino-alcohol motifs (C(OH)–C–C–N with tert-alkyl or cyclic N) is 1. The molecule has 32 heavy (non-hydrogen) atoms. The van der Waals surface area contributed by atoms with Crippen molar-refractivity contribution in [1.82, 2.24) is 10.2 Å². The molecule has 1 fully saturated rings. The van der Waals surface area contributed by atoms with Crippen molar-refractivity contribution in [1.29, 1.82) is 0 Å². The van der Waals surface area contributed by atoms with Gasteiger partial charge in [0.25, 0.3) is 0 Å². The number of benzene rings is 2. The average Bonchev–Trinajstić information content (AvgIpc) is 2.70. The Morgan fingerprint density at radius 2 is 1.91 bits per heavy atom. The van der Waals surface area contributed by atoms with E-state index in [9.17, 15) is 23.1 Å². The van der Waals surface area contributed by atoms with E-state index in [1.807, 2.05) is 22.6 Å². The molecule has 0 aromatic heterocycles. The van der Waals surface area contributed by atoms with E-state index in [4.69, 9.17) is 0 Å². The SMILES string of the molecule is C[As](C)CCCNCC1(O)CN(C(=O)c2ccc(F)c(F)c2Nc2ccc(I)cc2F)C1. The van der Waals surface area contributed by atoms with Crippen LogP contribution in [-0.4, -0.2) is 62.3 Å². The fourth-order valence-corrected chi connectivity index (χ4v) is 5.62. The Balaban J connectivity index is 1.68. The standard InChI is InChI=1S/C22H26AsF3IN3O2/c1-23(2)8-3-9-28-11-22(32)12-30(13-22)21(31)15-5-6-16(24)19(26)20(15)29-18-7-4-14(27)10-17(18)25/h4-7,10,28-29,32H,3,8-9,11-13H2,1-2H3. The van der Waals surface area contributed by atoms with E-state index in [1.54, 1.807) is 6.07 Å². The Kier molecular flexibility index (Phi) is 8.52. The topological polar surface area (TPSA) is 64.6 Å². The maximum absolute atomic E-state index is 14.6. The molecule has 0 radical (unpaired) electrons. The fourth-order valence-electron chi connectivity index (χ4n) is 3.51. The van der Waals surface area contributed by atoms with Crippen molar-refractivity contribution >= 4 is 54.5 Å². The van der Waals surface area contributed by atoms with Crippen LogP contribution in [0.1, 0.15) is 16.8 Å². The van der Waals surface area contributed by atoms with Gasteiger partial charge in [0, 0.05) is 3.57 Å². The number of hydrogen-bond donors (Lipinski definition) is 3. The second-order valence-corrected chi connectivity index (χ2v) is 15.0. The molecule has 1 saturated heterocycles. The molecule has 2 aromatic rings. The van der Waals surface area contributed by atoms with Crippen molar-refractivity contribution in [3.63, 3.8) is 0 Å². The summed E-state index contributed by atoms with van der Waals surface area (Å²) < 4.78 is 43.3. The molecule has 2 aromatic carbocycles. The quantitative estimate of drug-likeness (QED) is 0.221. The molecule has 1 aliphatic rings. The number of likely N-dealkylation sites (tertiary alicyclic amines) is 1. The summed E-state index contributed by atoms with van der Waals surface area (Å²) in [6, 6.07) is 6.28. The molecule has 3 N–H and O–H groups in total. The zero-order chi connectivity index (χ0) is 23.5. The molecule has 0 aliphatic carbocycles. The predicted molar refractivity (Wildman–Crippen MR) is 129 cm³/mol. The molecule has 10 heteroatoms. The number of carbonyl (C=O) groups excluding carboxylic acids is 1. The van der Waals surface area contributed by atoms with Crippen LogP contribution in [0.15, 0.2) is 30.3 Å². The molecule has 0 saturated carbocycles. The van der Waals surface area contributed by atoms with Gasteiger partial charge in [0.15, 0.2) is 5.82 Å². The van der Waals surface area contributed by atoms with Crippen molar-refractivity contribution < 1.29 is 23.1 Å². The van der Waals surface area contributed by atoms with Crippen LogP contribution in [0.25, 0.3) is 0 Å². The monoisotopic (exact) mass is 623 g/mol. The van der Waals surface area contributed by atoms with Crippen molar-refractivity contribution in [3.8, 4) is 0 Å². The third-order valence-electron chi connectivity index (χ3n) is 5.19. The van der Waals surface area contributed by atoms with Gasteiger partial charge in [-0.3, -0.25) is 0 Å². The van der Waals surface area contributed by atoms with Crippen LogP contribution in [0.3, 0.4) is 0 Å². The number of aliphatic hydroxyl groups is 1. The van der Waals surface area contributed by atoms with Crippen LogP contribution in [0.4, 0.5) is 24.5 Å². The molecule has 174 valence electrons. The molecule has 1 heterocycles. The van der Waals surface area contributed by atoms with Crippen LogP contribution in [0.2, 0.25) is 16.6 Å². The van der Waals surface area contributed by atoms with Crippen LogP contribution in [0, 0.1) is 21.0 Å². The number of anilines is 2. The Bertz CT molecular complexity index is 987. The Hall–Kier alpha value is -1.29. The Morgan fingerprint density at radius 3 is 2.56 bits per heavy atom. The van der Waals surface area contributed by atoms with Gasteiger partial charge in [-0.2, -0.15) is 0 Å². The third kappa shape index (κ3) is 6.18. The van der Waals surface area contributed by atoms with Gasteiger partial charge in [-0.25, -0.2) is 13.2 Å². The Labute approximate surface area is 204 Å². The van der Waals surface area contributed by atoms with E-state index in [1.165, 1.54) is 28.3 Å². The zero-order valence-corrected chi connectivity index (χ0v) is 21.9. The molecule has 0 atom stereocenters. The molecule has 3 rings (SSSR count). The molecule has 0 bridgehead atoms. The van der Waals surface area contributed by atoms with Gasteiger partial charge in [-0.05, 0) is 40.8 Å². The number of nitrogens with one attached hydrogen (secondary N) is 2. The van der Waals surface area contributed by atoms with Crippen molar-refractivity contribution in [2.75, 3.05) is 31.5 Å². The molecular weight excluding hydrogens is 597 g/mol. The normalized spacial score (nSPS) is 15.1. The van der Waals surface area contributed by atoms with Gasteiger partial charge in [0.2, 0.25) is 0 Å². The van der Waals surface area contributed by atoms with Gasteiger partial charge in [0.1, 0.15) is 5.82 Å². The van der Waals surface area contributed by atoms with E-state index < -0.39 is 49.3 Å². The van der Waals surface area contributed by atoms with E-state index in [0.717, 1.165) is 19.0 Å². The third-order valence-corrected chi connectivity index (χ3v) is 8.40. The first-order valence-electron chi connectivity index (χ1n) is 10.2. The minimum atomic E-state index is -1.26. The summed E-state index contributed by atoms with van der Waals surface area (Å²) in [5, 5.41) is 17.6. The number of hydrogen-bond acceptors (Lipinski definition) is 4. The summed E-state index contributed by atoms with van der Waals surface area (Å²) in [5.74, 6) is -3.62. The van der Waals surface area contributed by atoms with Gasteiger partial charge in [0.05, 0.1) is 5.69 Å². The number of nitrogens with zero attached hydrogens (tertiary/aromatic N) is 1. The predicted octanol–water partition coefficient (Wildman–Crippen LogP) is 4.37. The summed E-state index contributed by atoms with van der Waals surface area (Å²) in [5.41, 5.74) is 2.91. The van der Waals surface area contributed by atoms with Crippen LogP contribution in [-0.2, 0) is 0 Å². The van der Waals surface area contributed by atoms with Gasteiger partial charge in [-0.15, -0.1) is 0 Å². The summed E-state index contributed by atoms with van der Waals surface area (Å²) in [6.45, 7) is 1.32.